The first-order chi connectivity index (χ1) is 21.6. The van der Waals surface area contributed by atoms with Crippen LogP contribution >= 0.6 is 0 Å². The van der Waals surface area contributed by atoms with E-state index >= 15 is 0 Å². The Labute approximate surface area is 327 Å². The van der Waals surface area contributed by atoms with Crippen LogP contribution in [0.15, 0.2) is 102 Å². The molecular formula is C35H34CsN3O6S. The fourth-order valence-electron chi connectivity index (χ4n) is 5.29. The monoisotopic (exact) mass is 757 g/mol. The molecule has 0 radical (unpaired) electrons. The molecule has 0 saturated carbocycles. The summed E-state index contributed by atoms with van der Waals surface area (Å²) in [6.45, 7) is 3.81. The van der Waals surface area contributed by atoms with Crippen LogP contribution in [0, 0.1) is 0 Å². The fourth-order valence-corrected chi connectivity index (χ4v) is 5.86. The summed E-state index contributed by atoms with van der Waals surface area (Å²) < 4.78 is 36.9. The second kappa shape index (κ2) is 16.4. The van der Waals surface area contributed by atoms with Gasteiger partial charge in [-0.25, -0.2) is 4.98 Å². The summed E-state index contributed by atoms with van der Waals surface area (Å²) >= 11 is 0. The summed E-state index contributed by atoms with van der Waals surface area (Å²) in [6.07, 6.45) is 0.511. The van der Waals surface area contributed by atoms with Gasteiger partial charge in [0.05, 0.1) is 30.1 Å². The molecule has 5 aromatic rings. The Kier molecular flexibility index (Phi) is 12.9. The molecule has 4 aromatic carbocycles. The van der Waals surface area contributed by atoms with E-state index in [1.165, 1.54) is 12.1 Å². The molecule has 1 amide bonds. The molecule has 0 bridgehead atoms. The van der Waals surface area contributed by atoms with Crippen LogP contribution in [0.1, 0.15) is 66.1 Å². The number of benzene rings is 4. The van der Waals surface area contributed by atoms with Crippen LogP contribution in [0.3, 0.4) is 0 Å². The first kappa shape index (κ1) is 36.1. The molecule has 0 aliphatic heterocycles. The minimum Gasteiger partial charge on any atom is -0.857 e. The molecule has 0 fully saturated rings. The Morgan fingerprint density at radius 3 is 2.09 bits per heavy atom. The second-order valence-corrected chi connectivity index (χ2v) is 12.4. The normalized spacial score (nSPS) is 13.2. The Morgan fingerprint density at radius 2 is 1.43 bits per heavy atom. The van der Waals surface area contributed by atoms with E-state index in [2.05, 4.69) is 15.3 Å². The predicted octanol–water partition coefficient (Wildman–Crippen LogP) is 2.80. The molecule has 0 aliphatic carbocycles. The van der Waals surface area contributed by atoms with E-state index < -0.39 is 28.0 Å². The van der Waals surface area contributed by atoms with Crippen molar-refractivity contribution >= 4 is 43.5 Å². The fraction of sp³-hybridized carbons (Fsp3) is 0.229. The SMILES string of the molecule is C[C@@H](N=C([O-])c1cc(OCCCCS(=O)(=O)O)cc(C(=O)N[C@H](C)c2cccc3ccccc23)n1)c1cccc2ccccc12.[Cs+]. The van der Waals surface area contributed by atoms with E-state index in [-0.39, 0.29) is 111 Å². The van der Waals surface area contributed by atoms with Crippen LogP contribution < -0.4 is 84.1 Å². The minimum atomic E-state index is -4.08. The van der Waals surface area contributed by atoms with Gasteiger partial charge in [-0.05, 0) is 59.4 Å². The largest absolute Gasteiger partial charge is 1.00 e. The van der Waals surface area contributed by atoms with Crippen molar-refractivity contribution < 1.29 is 96.5 Å². The first-order valence-electron chi connectivity index (χ1n) is 14.7. The van der Waals surface area contributed by atoms with E-state index in [0.29, 0.717) is 6.42 Å². The molecule has 1 heterocycles. The summed E-state index contributed by atoms with van der Waals surface area (Å²) in [5.74, 6) is -1.27. The van der Waals surface area contributed by atoms with Gasteiger partial charge in [-0.15, -0.1) is 0 Å². The van der Waals surface area contributed by atoms with Gasteiger partial charge in [0.15, 0.2) is 0 Å². The quantitative estimate of drug-likeness (QED) is 0.0864. The Bertz CT molecular complexity index is 1970. The number of hydrogen-bond acceptors (Lipinski definition) is 7. The molecule has 11 heteroatoms. The van der Waals surface area contributed by atoms with Gasteiger partial charge < -0.3 is 15.2 Å². The number of carbonyl (C=O) groups is 1. The Hall–Kier alpha value is -2.75. The van der Waals surface area contributed by atoms with Crippen LogP contribution in [-0.4, -0.2) is 42.1 Å². The number of amides is 1. The topological polar surface area (TPSA) is 141 Å². The maximum atomic E-state index is 13.5. The number of aromatic nitrogens is 1. The first-order valence-corrected chi connectivity index (χ1v) is 16.3. The van der Waals surface area contributed by atoms with Crippen molar-refractivity contribution in [3.63, 3.8) is 0 Å². The summed E-state index contributed by atoms with van der Waals surface area (Å²) in [5, 5.41) is 20.5. The van der Waals surface area contributed by atoms with Crippen LogP contribution in [-0.2, 0) is 10.1 Å². The van der Waals surface area contributed by atoms with Gasteiger partial charge in [0.2, 0.25) is 0 Å². The van der Waals surface area contributed by atoms with Crippen LogP contribution in [0.25, 0.3) is 21.5 Å². The van der Waals surface area contributed by atoms with Crippen molar-refractivity contribution in [1.82, 2.24) is 10.3 Å². The molecule has 0 unspecified atom stereocenters. The van der Waals surface area contributed by atoms with Gasteiger partial charge in [-0.3, -0.25) is 14.3 Å². The third kappa shape index (κ3) is 9.42. The zero-order chi connectivity index (χ0) is 32.0. The van der Waals surface area contributed by atoms with Crippen molar-refractivity contribution in [3.05, 3.63) is 120 Å². The Balaban J connectivity index is 0.00000480. The van der Waals surface area contributed by atoms with Gasteiger partial charge in [-0.1, -0.05) is 84.9 Å². The number of rotatable bonds is 12. The number of nitrogens with zero attached hydrogens (tertiary/aromatic N) is 2. The maximum Gasteiger partial charge on any atom is 1.00 e. The summed E-state index contributed by atoms with van der Waals surface area (Å²) in [6, 6.07) is 29.5. The molecule has 1 aromatic heterocycles. The van der Waals surface area contributed by atoms with Crippen molar-refractivity contribution in [2.75, 3.05) is 12.4 Å². The van der Waals surface area contributed by atoms with Crippen LogP contribution in [0.5, 0.6) is 5.75 Å². The van der Waals surface area contributed by atoms with E-state index in [4.69, 9.17) is 9.29 Å². The molecule has 9 nitrogen and oxygen atoms in total. The van der Waals surface area contributed by atoms with Crippen molar-refractivity contribution in [1.29, 1.82) is 0 Å². The van der Waals surface area contributed by atoms with E-state index in [0.717, 1.165) is 32.7 Å². The maximum absolute atomic E-state index is 13.5. The van der Waals surface area contributed by atoms with Crippen LogP contribution in [0.4, 0.5) is 0 Å². The Morgan fingerprint density at radius 1 is 0.870 bits per heavy atom. The van der Waals surface area contributed by atoms with E-state index in [1.807, 2.05) is 98.8 Å². The average Bonchev–Trinajstić information content (AvgIpc) is 3.03. The molecule has 2 atom stereocenters. The van der Waals surface area contributed by atoms with E-state index in [9.17, 15) is 18.3 Å². The number of pyridine rings is 1. The third-order valence-corrected chi connectivity index (χ3v) is 8.34. The van der Waals surface area contributed by atoms with Crippen molar-refractivity contribution in [2.45, 2.75) is 38.8 Å². The van der Waals surface area contributed by atoms with Crippen LogP contribution in [0.2, 0.25) is 0 Å². The van der Waals surface area contributed by atoms with Gasteiger partial charge in [0.1, 0.15) is 11.4 Å². The summed E-state index contributed by atoms with van der Waals surface area (Å²) in [7, 11) is -4.08. The summed E-state index contributed by atoms with van der Waals surface area (Å²) in [4.78, 5) is 22.3. The second-order valence-electron chi connectivity index (χ2n) is 10.9. The molecule has 0 spiro atoms. The molecule has 232 valence electrons. The van der Waals surface area contributed by atoms with Gasteiger partial charge in [0, 0.05) is 18.0 Å². The third-order valence-electron chi connectivity index (χ3n) is 7.54. The van der Waals surface area contributed by atoms with Gasteiger partial charge in [-0.2, -0.15) is 8.42 Å². The van der Waals surface area contributed by atoms with Gasteiger partial charge >= 0.3 is 68.9 Å². The predicted molar refractivity (Wildman–Crippen MR) is 174 cm³/mol. The minimum absolute atomic E-state index is 0. The van der Waals surface area contributed by atoms with Gasteiger partial charge in [0.25, 0.3) is 16.0 Å². The number of hydrogen-bond donors (Lipinski definition) is 2. The number of aliphatic imine (C=N–C) groups is 1. The number of nitrogens with one attached hydrogen (secondary N) is 1. The average molecular weight is 758 g/mol. The number of carbonyl (C=O) groups excluding carboxylic acids is 1. The smallest absolute Gasteiger partial charge is 0.857 e. The molecule has 0 saturated heterocycles. The molecule has 2 N–H and O–H groups in total. The standard InChI is InChI=1S/C35H35N3O6S.Cs/c1-23(28-17-9-13-25-11-3-5-15-30(25)28)36-34(39)32-21-27(44-19-7-8-20-45(41,42)43)22-33(38-32)35(40)37-24(2)29-18-10-14-26-12-4-6-16-31(26)29;/h3-6,9-18,21-24H,7-8,19-20H2,1-2H3,(H,36,39)(H,37,40)(H,41,42,43);/q;+1/p-1/t23-,24-;/m1./s1. The number of unbranched alkanes of at least 4 members (excludes halogenated alkanes) is 1. The number of fused-ring (bicyclic) bond motifs is 2. The molecule has 0 aliphatic rings. The zero-order valence-corrected chi connectivity index (χ0v) is 33.1. The molecule has 5 rings (SSSR count). The van der Waals surface area contributed by atoms with Crippen molar-refractivity contribution in [2.24, 2.45) is 4.99 Å². The molecular weight excluding hydrogens is 723 g/mol. The number of ether oxygens (including phenoxy) is 1. The van der Waals surface area contributed by atoms with Crippen molar-refractivity contribution in [3.8, 4) is 5.75 Å². The molecule has 46 heavy (non-hydrogen) atoms. The summed E-state index contributed by atoms with van der Waals surface area (Å²) in [5.41, 5.74) is 1.74. The van der Waals surface area contributed by atoms with E-state index in [1.54, 1.807) is 0 Å². The zero-order valence-electron chi connectivity index (χ0n) is 26.0.